The zero-order valence-corrected chi connectivity index (χ0v) is 11.2. The van der Waals surface area contributed by atoms with Gasteiger partial charge in [-0.25, -0.2) is 8.42 Å². The lowest BCUT2D eigenvalue weighted by Crippen LogP contribution is -2.34. The van der Waals surface area contributed by atoms with Gasteiger partial charge in [-0.1, -0.05) is 5.16 Å². The van der Waals surface area contributed by atoms with Crippen molar-refractivity contribution >= 4 is 21.4 Å². The molecule has 2 aromatic rings. The first-order valence-corrected chi connectivity index (χ1v) is 7.81. The van der Waals surface area contributed by atoms with Crippen molar-refractivity contribution in [3.05, 3.63) is 28.5 Å². The molecule has 8 heteroatoms. The summed E-state index contributed by atoms with van der Waals surface area (Å²) in [4.78, 5) is 4.38. The summed E-state index contributed by atoms with van der Waals surface area (Å²) in [5, 5.41) is 7.02. The zero-order chi connectivity index (χ0) is 12.8. The fourth-order valence-corrected chi connectivity index (χ4v) is 4.14. The normalized spacial score (nSPS) is 17.8. The van der Waals surface area contributed by atoms with Crippen LogP contribution in [0.3, 0.4) is 0 Å². The molecule has 18 heavy (non-hydrogen) atoms. The largest absolute Gasteiger partial charge is 0.337 e. The van der Waals surface area contributed by atoms with Gasteiger partial charge in [0, 0.05) is 5.38 Å². The predicted octanol–water partition coefficient (Wildman–Crippen LogP) is 1.41. The maximum absolute atomic E-state index is 12.1. The number of hydrogen-bond acceptors (Lipinski definition) is 6. The first kappa shape index (κ1) is 11.8. The second kappa shape index (κ2) is 3.87. The Bertz CT molecular complexity index is 656. The molecule has 0 spiro atoms. The summed E-state index contributed by atoms with van der Waals surface area (Å²) >= 11 is 1.34. The molecule has 0 bridgehead atoms. The van der Waals surface area contributed by atoms with Gasteiger partial charge in [0.1, 0.15) is 5.54 Å². The van der Waals surface area contributed by atoms with Gasteiger partial charge >= 0.3 is 0 Å². The van der Waals surface area contributed by atoms with Crippen LogP contribution < -0.4 is 4.72 Å². The molecule has 0 atom stereocenters. The van der Waals surface area contributed by atoms with Crippen LogP contribution in [0.4, 0.5) is 0 Å². The molecule has 0 unspecified atom stereocenters. The van der Waals surface area contributed by atoms with Crippen molar-refractivity contribution < 1.29 is 12.9 Å². The molecule has 6 nitrogen and oxygen atoms in total. The van der Waals surface area contributed by atoms with Crippen molar-refractivity contribution in [3.63, 3.8) is 0 Å². The van der Waals surface area contributed by atoms with Gasteiger partial charge in [-0.2, -0.15) is 21.0 Å². The summed E-state index contributed by atoms with van der Waals surface area (Å²) in [5.41, 5.74) is -0.706. The molecule has 0 aromatic carbocycles. The summed E-state index contributed by atoms with van der Waals surface area (Å²) in [6.07, 6.45) is 1.36. The molecule has 0 aliphatic heterocycles. The van der Waals surface area contributed by atoms with Gasteiger partial charge in [0.05, 0.1) is 4.90 Å². The Labute approximate surface area is 108 Å². The molecule has 1 fully saturated rings. The van der Waals surface area contributed by atoms with E-state index in [2.05, 4.69) is 14.9 Å². The Morgan fingerprint density at radius 1 is 1.50 bits per heavy atom. The highest BCUT2D eigenvalue weighted by molar-refractivity contribution is 7.89. The molecular weight excluding hydrogens is 274 g/mol. The number of aryl methyl sites for hydroxylation is 1. The van der Waals surface area contributed by atoms with Gasteiger partial charge in [-0.3, -0.25) is 0 Å². The minimum absolute atomic E-state index is 0.273. The zero-order valence-electron chi connectivity index (χ0n) is 9.58. The van der Waals surface area contributed by atoms with Crippen molar-refractivity contribution in [2.45, 2.75) is 30.2 Å². The molecule has 0 amide bonds. The van der Waals surface area contributed by atoms with Crippen molar-refractivity contribution in [3.8, 4) is 0 Å². The average molecular weight is 285 g/mol. The maximum atomic E-state index is 12.1. The lowest BCUT2D eigenvalue weighted by atomic mass is 10.3. The van der Waals surface area contributed by atoms with Crippen LogP contribution in [0, 0.1) is 6.92 Å². The Balaban J connectivity index is 1.89. The van der Waals surface area contributed by atoms with E-state index in [9.17, 15) is 8.42 Å². The predicted molar refractivity (Wildman–Crippen MR) is 64.6 cm³/mol. The number of hydrogen-bond donors (Lipinski definition) is 1. The van der Waals surface area contributed by atoms with Crippen LogP contribution in [-0.2, 0) is 15.6 Å². The number of thiophene rings is 1. The van der Waals surface area contributed by atoms with Crippen molar-refractivity contribution in [1.82, 2.24) is 14.9 Å². The molecule has 1 aliphatic carbocycles. The molecule has 96 valence electrons. The molecule has 0 saturated heterocycles. The lowest BCUT2D eigenvalue weighted by molar-refractivity contribution is 0.335. The third kappa shape index (κ3) is 1.96. The molecular formula is C10H11N3O3S2. The topological polar surface area (TPSA) is 85.1 Å². The van der Waals surface area contributed by atoms with Gasteiger partial charge in [0.25, 0.3) is 0 Å². The highest BCUT2D eigenvalue weighted by atomic mass is 32.2. The quantitative estimate of drug-likeness (QED) is 0.918. The van der Waals surface area contributed by atoms with Crippen molar-refractivity contribution in [1.29, 1.82) is 0 Å². The van der Waals surface area contributed by atoms with E-state index < -0.39 is 15.6 Å². The SMILES string of the molecule is Cc1noc(C2(NS(=O)(=O)c3ccsc3)CC2)n1. The number of rotatable bonds is 4. The molecule has 1 saturated carbocycles. The number of nitrogens with zero attached hydrogens (tertiary/aromatic N) is 2. The fourth-order valence-electron chi connectivity index (χ4n) is 1.70. The van der Waals surface area contributed by atoms with E-state index >= 15 is 0 Å². The summed E-state index contributed by atoms with van der Waals surface area (Å²) in [5.74, 6) is 0.852. The van der Waals surface area contributed by atoms with Gasteiger partial charge in [-0.15, -0.1) is 0 Å². The summed E-state index contributed by atoms with van der Waals surface area (Å²) in [7, 11) is -3.52. The lowest BCUT2D eigenvalue weighted by Gasteiger charge is -2.12. The fraction of sp³-hybridized carbons (Fsp3) is 0.400. The van der Waals surface area contributed by atoms with Crippen molar-refractivity contribution in [2.75, 3.05) is 0 Å². The van der Waals surface area contributed by atoms with Crippen LogP contribution in [0.2, 0.25) is 0 Å². The Kier molecular flexibility index (Phi) is 2.54. The summed E-state index contributed by atoms with van der Waals surface area (Å²) in [6.45, 7) is 1.70. The Morgan fingerprint density at radius 3 is 2.78 bits per heavy atom. The van der Waals surface area contributed by atoms with Crippen LogP contribution in [-0.4, -0.2) is 18.6 Å². The van der Waals surface area contributed by atoms with Gasteiger partial charge in [0.15, 0.2) is 5.82 Å². The maximum Gasteiger partial charge on any atom is 0.247 e. The van der Waals surface area contributed by atoms with E-state index in [1.54, 1.807) is 23.8 Å². The molecule has 0 radical (unpaired) electrons. The average Bonchev–Trinajstić information content (AvgIpc) is 2.79. The monoisotopic (exact) mass is 285 g/mol. The Hall–Kier alpha value is -1.25. The van der Waals surface area contributed by atoms with E-state index in [0.29, 0.717) is 24.6 Å². The van der Waals surface area contributed by atoms with Crippen LogP contribution in [0.1, 0.15) is 24.6 Å². The van der Waals surface area contributed by atoms with Crippen LogP contribution in [0.5, 0.6) is 0 Å². The van der Waals surface area contributed by atoms with Gasteiger partial charge < -0.3 is 4.52 Å². The molecule has 1 aliphatic rings. The van der Waals surface area contributed by atoms with Gasteiger partial charge in [0.2, 0.25) is 15.9 Å². The molecule has 3 rings (SSSR count). The second-order valence-corrected chi connectivity index (χ2v) is 6.76. The van der Waals surface area contributed by atoms with Crippen LogP contribution in [0.15, 0.2) is 26.2 Å². The number of sulfonamides is 1. The van der Waals surface area contributed by atoms with Crippen LogP contribution in [0.25, 0.3) is 0 Å². The Morgan fingerprint density at radius 2 is 2.28 bits per heavy atom. The third-order valence-corrected chi connectivity index (χ3v) is 5.19. The van der Waals surface area contributed by atoms with Gasteiger partial charge in [-0.05, 0) is 31.2 Å². The summed E-state index contributed by atoms with van der Waals surface area (Å²) < 4.78 is 32.0. The standard InChI is InChI=1S/C10H11N3O3S2/c1-7-11-9(16-12-7)10(3-4-10)13-18(14,15)8-2-5-17-6-8/h2,5-6,13H,3-4H2,1H3. The number of nitrogens with one attached hydrogen (secondary N) is 1. The molecule has 2 heterocycles. The summed E-state index contributed by atoms with van der Waals surface area (Å²) in [6, 6.07) is 1.57. The third-order valence-electron chi connectivity index (χ3n) is 2.82. The van der Waals surface area contributed by atoms with E-state index in [4.69, 9.17) is 4.52 Å². The smallest absolute Gasteiger partial charge is 0.247 e. The van der Waals surface area contributed by atoms with Crippen LogP contribution >= 0.6 is 11.3 Å². The minimum atomic E-state index is -3.52. The highest BCUT2D eigenvalue weighted by Gasteiger charge is 2.52. The van der Waals surface area contributed by atoms with E-state index in [0.717, 1.165) is 0 Å². The molecule has 1 N–H and O–H groups in total. The van der Waals surface area contributed by atoms with E-state index in [1.165, 1.54) is 11.3 Å². The first-order valence-electron chi connectivity index (χ1n) is 5.39. The first-order chi connectivity index (χ1) is 8.52. The highest BCUT2D eigenvalue weighted by Crippen LogP contribution is 2.45. The second-order valence-electron chi connectivity index (χ2n) is 4.29. The van der Waals surface area contributed by atoms with E-state index in [-0.39, 0.29) is 4.90 Å². The molecule has 2 aromatic heterocycles. The van der Waals surface area contributed by atoms with Crippen molar-refractivity contribution in [2.24, 2.45) is 0 Å². The minimum Gasteiger partial charge on any atom is -0.337 e. The number of aromatic nitrogens is 2. The van der Waals surface area contributed by atoms with E-state index in [1.807, 2.05) is 0 Å².